The average Bonchev–Trinajstić information content (AvgIpc) is 2.14. The fourth-order valence-corrected chi connectivity index (χ4v) is 1.44. The van der Waals surface area contributed by atoms with Crippen LogP contribution in [0.3, 0.4) is 0 Å². The molecule has 1 atom stereocenters. The van der Waals surface area contributed by atoms with Crippen molar-refractivity contribution in [3.63, 3.8) is 0 Å². The molecule has 9 heavy (non-hydrogen) atoms. The van der Waals surface area contributed by atoms with Gasteiger partial charge in [-0.1, -0.05) is 6.92 Å². The Morgan fingerprint density at radius 2 is 2.11 bits per heavy atom. The minimum atomic E-state index is 0.759. The molecule has 0 spiro atoms. The minimum absolute atomic E-state index is 0.759. The van der Waals surface area contributed by atoms with Crippen LogP contribution in [-0.4, -0.2) is 24.0 Å². The van der Waals surface area contributed by atoms with Gasteiger partial charge < -0.3 is 4.90 Å². The summed E-state index contributed by atoms with van der Waals surface area (Å²) in [6.07, 6.45) is 1.40. The van der Waals surface area contributed by atoms with E-state index in [9.17, 15) is 0 Å². The number of rotatable bonds is 1. The summed E-state index contributed by atoms with van der Waals surface area (Å²) in [5, 5.41) is 0. The highest BCUT2D eigenvalue weighted by Crippen LogP contribution is 2.16. The first-order valence-corrected chi connectivity index (χ1v) is 3.94. The zero-order valence-corrected chi connectivity index (χ0v) is 6.72. The molecule has 1 aliphatic heterocycles. The monoisotopic (exact) mass is 127 g/mol. The summed E-state index contributed by atoms with van der Waals surface area (Å²) in [4.78, 5) is 2.55. The van der Waals surface area contributed by atoms with Gasteiger partial charge in [-0.25, -0.2) is 0 Å². The zero-order chi connectivity index (χ0) is 6.85. The molecule has 1 heterocycles. The van der Waals surface area contributed by atoms with Crippen LogP contribution in [0.1, 0.15) is 27.2 Å². The van der Waals surface area contributed by atoms with Crippen LogP contribution < -0.4 is 0 Å². The summed E-state index contributed by atoms with van der Waals surface area (Å²) >= 11 is 0. The summed E-state index contributed by atoms with van der Waals surface area (Å²) in [7, 11) is 0. The Balaban J connectivity index is 2.30. The van der Waals surface area contributed by atoms with Crippen molar-refractivity contribution in [3.8, 4) is 0 Å². The van der Waals surface area contributed by atoms with Gasteiger partial charge >= 0.3 is 0 Å². The fraction of sp³-hybridized carbons (Fsp3) is 1.00. The van der Waals surface area contributed by atoms with E-state index in [1.165, 1.54) is 19.5 Å². The maximum atomic E-state index is 2.55. The van der Waals surface area contributed by atoms with E-state index in [1.807, 2.05) is 0 Å². The summed E-state index contributed by atoms with van der Waals surface area (Å²) in [5.74, 6) is 0.937. The van der Waals surface area contributed by atoms with Gasteiger partial charge in [0.05, 0.1) is 0 Å². The molecule has 1 nitrogen and oxygen atoms in total. The molecule has 0 amide bonds. The second kappa shape index (κ2) is 2.70. The Hall–Kier alpha value is -0.0400. The van der Waals surface area contributed by atoms with Crippen molar-refractivity contribution in [1.82, 2.24) is 4.90 Å². The topological polar surface area (TPSA) is 3.24 Å². The SMILES string of the molecule is CC(C)N1CC[C@@H](C)C1. The Bertz CT molecular complexity index is 88.6. The number of hydrogen-bond acceptors (Lipinski definition) is 1. The van der Waals surface area contributed by atoms with Crippen molar-refractivity contribution < 1.29 is 0 Å². The zero-order valence-electron chi connectivity index (χ0n) is 6.72. The van der Waals surface area contributed by atoms with Crippen molar-refractivity contribution in [3.05, 3.63) is 0 Å². The molecule has 0 N–H and O–H groups in total. The van der Waals surface area contributed by atoms with Crippen LogP contribution in [0.15, 0.2) is 0 Å². The molecular weight excluding hydrogens is 110 g/mol. The number of likely N-dealkylation sites (tertiary alicyclic amines) is 1. The summed E-state index contributed by atoms with van der Waals surface area (Å²) in [6, 6.07) is 0.759. The molecule has 0 aromatic heterocycles. The van der Waals surface area contributed by atoms with Crippen LogP contribution >= 0.6 is 0 Å². The lowest BCUT2D eigenvalue weighted by Gasteiger charge is -2.19. The summed E-state index contributed by atoms with van der Waals surface area (Å²) < 4.78 is 0. The third-order valence-corrected chi connectivity index (χ3v) is 2.19. The average molecular weight is 127 g/mol. The van der Waals surface area contributed by atoms with Crippen LogP contribution in [0, 0.1) is 5.92 Å². The maximum absolute atomic E-state index is 2.55. The van der Waals surface area contributed by atoms with Crippen LogP contribution in [0.4, 0.5) is 0 Å². The largest absolute Gasteiger partial charge is 0.301 e. The molecule has 0 saturated carbocycles. The van der Waals surface area contributed by atoms with Crippen LogP contribution in [-0.2, 0) is 0 Å². The Labute approximate surface area is 58.0 Å². The highest BCUT2D eigenvalue weighted by atomic mass is 15.2. The maximum Gasteiger partial charge on any atom is 0.00387 e. The van der Waals surface area contributed by atoms with Gasteiger partial charge in [-0.3, -0.25) is 0 Å². The molecule has 1 heteroatoms. The molecule has 1 fully saturated rings. The van der Waals surface area contributed by atoms with E-state index in [0.29, 0.717) is 0 Å². The van der Waals surface area contributed by atoms with E-state index in [0.717, 1.165) is 12.0 Å². The molecular formula is C8H17N. The highest BCUT2D eigenvalue weighted by molar-refractivity contribution is 4.74. The molecule has 1 saturated heterocycles. The third-order valence-electron chi connectivity index (χ3n) is 2.19. The van der Waals surface area contributed by atoms with Crippen LogP contribution in [0.2, 0.25) is 0 Å². The van der Waals surface area contributed by atoms with Crippen molar-refractivity contribution in [2.24, 2.45) is 5.92 Å². The molecule has 0 radical (unpaired) electrons. The smallest absolute Gasteiger partial charge is 0.00387 e. The Kier molecular flexibility index (Phi) is 2.12. The number of hydrogen-bond donors (Lipinski definition) is 0. The fourth-order valence-electron chi connectivity index (χ4n) is 1.44. The van der Waals surface area contributed by atoms with Gasteiger partial charge in [0.15, 0.2) is 0 Å². The predicted molar refractivity (Wildman–Crippen MR) is 40.5 cm³/mol. The minimum Gasteiger partial charge on any atom is -0.301 e. The molecule has 0 bridgehead atoms. The van der Waals surface area contributed by atoms with Gasteiger partial charge in [0, 0.05) is 12.6 Å². The molecule has 0 aromatic rings. The second-order valence-corrected chi connectivity index (χ2v) is 3.48. The first-order valence-electron chi connectivity index (χ1n) is 3.94. The molecule has 0 unspecified atom stereocenters. The summed E-state index contributed by atoms with van der Waals surface area (Å²) in [5.41, 5.74) is 0. The molecule has 1 rings (SSSR count). The van der Waals surface area contributed by atoms with Crippen molar-refractivity contribution in [1.29, 1.82) is 0 Å². The van der Waals surface area contributed by atoms with Gasteiger partial charge in [0.1, 0.15) is 0 Å². The predicted octanol–water partition coefficient (Wildman–Crippen LogP) is 1.74. The lowest BCUT2D eigenvalue weighted by molar-refractivity contribution is 0.267. The van der Waals surface area contributed by atoms with E-state index in [1.54, 1.807) is 0 Å². The van der Waals surface area contributed by atoms with Gasteiger partial charge in [-0.15, -0.1) is 0 Å². The first-order chi connectivity index (χ1) is 4.20. The van der Waals surface area contributed by atoms with Gasteiger partial charge in [0.2, 0.25) is 0 Å². The van der Waals surface area contributed by atoms with E-state index in [4.69, 9.17) is 0 Å². The van der Waals surface area contributed by atoms with E-state index in [2.05, 4.69) is 25.7 Å². The van der Waals surface area contributed by atoms with Crippen molar-refractivity contribution in [2.75, 3.05) is 13.1 Å². The van der Waals surface area contributed by atoms with Gasteiger partial charge in [-0.2, -0.15) is 0 Å². The molecule has 54 valence electrons. The molecule has 1 aliphatic rings. The number of nitrogens with zero attached hydrogens (tertiary/aromatic N) is 1. The van der Waals surface area contributed by atoms with E-state index < -0.39 is 0 Å². The Morgan fingerprint density at radius 3 is 2.33 bits per heavy atom. The van der Waals surface area contributed by atoms with Crippen LogP contribution in [0.25, 0.3) is 0 Å². The molecule has 0 aromatic carbocycles. The van der Waals surface area contributed by atoms with Gasteiger partial charge in [0.25, 0.3) is 0 Å². The standard InChI is InChI=1S/C8H17N/c1-7(2)9-5-4-8(3)6-9/h7-8H,4-6H2,1-3H3/t8-/m1/s1. The van der Waals surface area contributed by atoms with E-state index >= 15 is 0 Å². The lowest BCUT2D eigenvalue weighted by Crippen LogP contribution is -2.27. The summed E-state index contributed by atoms with van der Waals surface area (Å²) in [6.45, 7) is 9.52. The third kappa shape index (κ3) is 1.68. The first kappa shape index (κ1) is 7.07. The van der Waals surface area contributed by atoms with Gasteiger partial charge in [-0.05, 0) is 32.7 Å². The molecule has 0 aliphatic carbocycles. The van der Waals surface area contributed by atoms with E-state index in [-0.39, 0.29) is 0 Å². The Morgan fingerprint density at radius 1 is 1.44 bits per heavy atom. The van der Waals surface area contributed by atoms with Crippen LogP contribution in [0.5, 0.6) is 0 Å². The van der Waals surface area contributed by atoms with Crippen molar-refractivity contribution >= 4 is 0 Å². The lowest BCUT2D eigenvalue weighted by atomic mass is 10.2. The highest BCUT2D eigenvalue weighted by Gasteiger charge is 2.19. The second-order valence-electron chi connectivity index (χ2n) is 3.48. The normalized spacial score (nSPS) is 30.0. The van der Waals surface area contributed by atoms with Crippen molar-refractivity contribution in [2.45, 2.75) is 33.2 Å². The quantitative estimate of drug-likeness (QED) is 0.518.